The lowest BCUT2D eigenvalue weighted by atomic mass is 9.97. The molecule has 2 unspecified atom stereocenters. The summed E-state index contributed by atoms with van der Waals surface area (Å²) in [4.78, 5) is 2.65. The monoisotopic (exact) mass is 263 g/mol. The average molecular weight is 263 g/mol. The van der Waals surface area contributed by atoms with Gasteiger partial charge in [0.1, 0.15) is 5.76 Å². The lowest BCUT2D eigenvalue weighted by Crippen LogP contribution is -2.48. The molecule has 1 N–H and O–H groups in total. The molecule has 2 aliphatic heterocycles. The van der Waals surface area contributed by atoms with Gasteiger partial charge in [-0.2, -0.15) is 0 Å². The van der Waals surface area contributed by atoms with E-state index in [-0.39, 0.29) is 0 Å². The van der Waals surface area contributed by atoms with Crippen molar-refractivity contribution in [2.75, 3.05) is 6.54 Å². The molecule has 0 radical (unpaired) electrons. The van der Waals surface area contributed by atoms with Gasteiger partial charge >= 0.3 is 0 Å². The first kappa shape index (κ1) is 13.1. The van der Waals surface area contributed by atoms with Crippen LogP contribution in [0.2, 0.25) is 0 Å². The van der Waals surface area contributed by atoms with Crippen LogP contribution in [0.25, 0.3) is 0 Å². The van der Waals surface area contributed by atoms with Crippen LogP contribution >= 0.6 is 0 Å². The van der Waals surface area contributed by atoms with Crippen LogP contribution in [-0.4, -0.2) is 34.7 Å². The van der Waals surface area contributed by atoms with Gasteiger partial charge in [-0.1, -0.05) is 12.1 Å². The Morgan fingerprint density at radius 2 is 2.11 bits per heavy atom. The van der Waals surface area contributed by atoms with Crippen molar-refractivity contribution in [2.45, 2.75) is 70.6 Å². The maximum absolute atomic E-state index is 5.18. The van der Waals surface area contributed by atoms with Crippen LogP contribution in [0.1, 0.15) is 50.5 Å². The molecule has 2 fully saturated rings. The zero-order valence-electron chi connectivity index (χ0n) is 12.1. The van der Waals surface area contributed by atoms with Crippen molar-refractivity contribution >= 4 is 0 Å². The first-order valence-corrected chi connectivity index (χ1v) is 7.67. The van der Waals surface area contributed by atoms with Gasteiger partial charge in [-0.3, -0.25) is 4.90 Å². The minimum atomic E-state index is 0.729. The molecule has 2 bridgehead atoms. The van der Waals surface area contributed by atoms with Crippen LogP contribution in [0.15, 0.2) is 10.6 Å². The van der Waals surface area contributed by atoms with E-state index in [4.69, 9.17) is 4.52 Å². The van der Waals surface area contributed by atoms with E-state index in [1.54, 1.807) is 0 Å². The number of nitrogens with zero attached hydrogens (tertiary/aromatic N) is 2. The summed E-state index contributed by atoms with van der Waals surface area (Å²) >= 11 is 0. The first-order valence-electron chi connectivity index (χ1n) is 7.67. The maximum Gasteiger partial charge on any atom is 0.133 e. The molecule has 1 aromatic heterocycles. The molecule has 3 heterocycles. The van der Waals surface area contributed by atoms with E-state index in [1.807, 2.05) is 6.92 Å². The molecule has 2 atom stereocenters. The number of aromatic nitrogens is 1. The maximum atomic E-state index is 5.18. The van der Waals surface area contributed by atoms with Gasteiger partial charge in [-0.25, -0.2) is 0 Å². The van der Waals surface area contributed by atoms with Crippen LogP contribution in [0.4, 0.5) is 0 Å². The largest absolute Gasteiger partial charge is 0.361 e. The van der Waals surface area contributed by atoms with Gasteiger partial charge in [0.2, 0.25) is 0 Å². The summed E-state index contributed by atoms with van der Waals surface area (Å²) in [6, 6.07) is 4.28. The van der Waals surface area contributed by atoms with Crippen LogP contribution in [0, 0.1) is 6.92 Å². The zero-order valence-corrected chi connectivity index (χ0v) is 12.1. The quantitative estimate of drug-likeness (QED) is 0.886. The first-order chi connectivity index (χ1) is 9.26. The molecule has 2 saturated heterocycles. The number of aryl methyl sites for hydroxylation is 1. The van der Waals surface area contributed by atoms with Crippen LogP contribution < -0.4 is 5.32 Å². The van der Waals surface area contributed by atoms with E-state index < -0.39 is 0 Å². The number of rotatable bonds is 5. The van der Waals surface area contributed by atoms with E-state index in [1.165, 1.54) is 32.1 Å². The molecule has 4 nitrogen and oxygen atoms in total. The third kappa shape index (κ3) is 2.84. The van der Waals surface area contributed by atoms with Crippen molar-refractivity contribution in [3.8, 4) is 0 Å². The van der Waals surface area contributed by atoms with E-state index >= 15 is 0 Å². The summed E-state index contributed by atoms with van der Waals surface area (Å²) in [6.45, 7) is 6.33. The molecule has 0 spiro atoms. The smallest absolute Gasteiger partial charge is 0.133 e. The highest BCUT2D eigenvalue weighted by atomic mass is 16.5. The van der Waals surface area contributed by atoms with Crippen molar-refractivity contribution in [3.05, 3.63) is 17.5 Å². The Morgan fingerprint density at radius 1 is 1.37 bits per heavy atom. The predicted octanol–water partition coefficient (Wildman–Crippen LogP) is 2.48. The van der Waals surface area contributed by atoms with Gasteiger partial charge in [-0.05, 0) is 45.6 Å². The van der Waals surface area contributed by atoms with Crippen LogP contribution in [0.3, 0.4) is 0 Å². The van der Waals surface area contributed by atoms with Crippen molar-refractivity contribution in [1.29, 1.82) is 0 Å². The number of piperidine rings is 1. The van der Waals surface area contributed by atoms with Crippen molar-refractivity contribution < 1.29 is 4.52 Å². The van der Waals surface area contributed by atoms with Crippen LogP contribution in [0.5, 0.6) is 0 Å². The molecule has 0 aromatic carbocycles. The fourth-order valence-corrected chi connectivity index (χ4v) is 3.73. The van der Waals surface area contributed by atoms with Gasteiger partial charge in [0.05, 0.1) is 5.69 Å². The topological polar surface area (TPSA) is 41.3 Å². The Labute approximate surface area is 115 Å². The summed E-state index contributed by atoms with van der Waals surface area (Å²) < 4.78 is 5.18. The van der Waals surface area contributed by atoms with Gasteiger partial charge in [0, 0.05) is 30.7 Å². The lowest BCUT2D eigenvalue weighted by Gasteiger charge is -2.38. The Bertz CT molecular complexity index is 403. The minimum Gasteiger partial charge on any atom is -0.361 e. The Kier molecular flexibility index (Phi) is 3.89. The number of nitrogens with one attached hydrogen (secondary N) is 1. The average Bonchev–Trinajstić information content (AvgIpc) is 2.89. The van der Waals surface area contributed by atoms with E-state index in [2.05, 4.69) is 28.4 Å². The van der Waals surface area contributed by atoms with E-state index in [0.29, 0.717) is 0 Å². The number of hydrogen-bond acceptors (Lipinski definition) is 4. The molecule has 0 saturated carbocycles. The Hall–Kier alpha value is -0.870. The molecule has 3 rings (SSSR count). The molecule has 4 heteroatoms. The highest BCUT2D eigenvalue weighted by Crippen LogP contribution is 2.36. The van der Waals surface area contributed by atoms with Crippen molar-refractivity contribution in [2.24, 2.45) is 0 Å². The fraction of sp³-hybridized carbons (Fsp3) is 0.800. The van der Waals surface area contributed by atoms with Crippen molar-refractivity contribution in [3.63, 3.8) is 0 Å². The molecule has 19 heavy (non-hydrogen) atoms. The summed E-state index contributed by atoms with van der Waals surface area (Å²) in [5.74, 6) is 0.918. The second-order valence-electron chi connectivity index (χ2n) is 6.11. The van der Waals surface area contributed by atoms with Gasteiger partial charge in [-0.15, -0.1) is 0 Å². The lowest BCUT2D eigenvalue weighted by molar-refractivity contribution is 0.106. The highest BCUT2D eigenvalue weighted by molar-refractivity contribution is 5.06. The Balaban J connectivity index is 1.60. The standard InChI is InChI=1S/C15H25N3O/c1-3-6-16-12-8-14-4-5-15(9-12)18(14)10-13-7-11(2)19-17-13/h7,12,14-16H,3-6,8-10H2,1-2H3. The third-order valence-electron chi connectivity index (χ3n) is 4.59. The molecule has 1 aromatic rings. The second-order valence-corrected chi connectivity index (χ2v) is 6.11. The van der Waals surface area contributed by atoms with E-state index in [9.17, 15) is 0 Å². The molecule has 2 aliphatic rings. The Morgan fingerprint density at radius 3 is 2.68 bits per heavy atom. The molecule has 0 aliphatic carbocycles. The number of hydrogen-bond donors (Lipinski definition) is 1. The summed E-state index contributed by atoms with van der Waals surface area (Å²) in [5, 5.41) is 7.84. The normalized spacial score (nSPS) is 30.9. The summed E-state index contributed by atoms with van der Waals surface area (Å²) in [7, 11) is 0. The molecule has 106 valence electrons. The van der Waals surface area contributed by atoms with Gasteiger partial charge in [0.15, 0.2) is 0 Å². The van der Waals surface area contributed by atoms with Crippen LogP contribution in [-0.2, 0) is 6.54 Å². The third-order valence-corrected chi connectivity index (χ3v) is 4.59. The SMILES string of the molecule is CCCNC1CC2CCC(C1)N2Cc1cc(C)on1. The molecular weight excluding hydrogens is 238 g/mol. The minimum absolute atomic E-state index is 0.729. The summed E-state index contributed by atoms with van der Waals surface area (Å²) in [6.07, 6.45) is 6.53. The number of fused-ring (bicyclic) bond motifs is 2. The molecule has 0 amide bonds. The summed E-state index contributed by atoms with van der Waals surface area (Å²) in [5.41, 5.74) is 1.09. The second kappa shape index (κ2) is 5.63. The predicted molar refractivity (Wildman–Crippen MR) is 74.9 cm³/mol. The fourth-order valence-electron chi connectivity index (χ4n) is 3.73. The van der Waals surface area contributed by atoms with E-state index in [0.717, 1.165) is 42.7 Å². The molecular formula is C15H25N3O. The zero-order chi connectivity index (χ0) is 13.2. The van der Waals surface area contributed by atoms with Gasteiger partial charge in [0.25, 0.3) is 0 Å². The highest BCUT2D eigenvalue weighted by Gasteiger charge is 2.40. The van der Waals surface area contributed by atoms with Gasteiger partial charge < -0.3 is 9.84 Å². The van der Waals surface area contributed by atoms with Crippen molar-refractivity contribution in [1.82, 2.24) is 15.4 Å².